The smallest absolute Gasteiger partial charge is 0.118 e. The lowest BCUT2D eigenvalue weighted by atomic mass is 10.2. The average Bonchev–Trinajstić information content (AvgIpc) is 2.63. The van der Waals surface area contributed by atoms with E-state index in [2.05, 4.69) is 23.7 Å². The molecule has 0 atom stereocenters. The Morgan fingerprint density at radius 3 is 1.54 bits per heavy atom. The van der Waals surface area contributed by atoms with Crippen LogP contribution in [0.15, 0.2) is 60.7 Å². The largest absolute Gasteiger partial charge is 0.697 e. The first-order valence-corrected chi connectivity index (χ1v) is 8.75. The molecule has 0 radical (unpaired) electrons. The van der Waals surface area contributed by atoms with Crippen molar-refractivity contribution in [2.75, 3.05) is 13.2 Å². The van der Waals surface area contributed by atoms with Crippen molar-refractivity contribution in [2.45, 2.75) is 12.8 Å². The molecule has 4 heteroatoms. The molecular weight excluding hydrogens is 319 g/mol. The fourth-order valence-corrected chi connectivity index (χ4v) is 2.31. The molecule has 0 saturated carbocycles. The van der Waals surface area contributed by atoms with E-state index >= 15 is 0 Å². The maximum atomic E-state index is 11.5. The summed E-state index contributed by atoms with van der Waals surface area (Å²) in [6.45, 7) is 0.565. The molecule has 0 fully saturated rings. The van der Waals surface area contributed by atoms with Gasteiger partial charge in [-0.25, -0.2) is 0 Å². The fourth-order valence-electron chi connectivity index (χ4n) is 1.75. The van der Waals surface area contributed by atoms with Crippen molar-refractivity contribution in [1.29, 1.82) is 0 Å². The Bertz CT molecular complexity index is 684. The first-order chi connectivity index (χ1) is 11.8. The van der Waals surface area contributed by atoms with Crippen LogP contribution in [0.5, 0.6) is 0 Å². The van der Waals surface area contributed by atoms with Gasteiger partial charge in [0.1, 0.15) is 13.2 Å². The van der Waals surface area contributed by atoms with Crippen LogP contribution in [-0.2, 0) is 13.6 Å². The highest BCUT2D eigenvalue weighted by Crippen LogP contribution is 2.23. The molecule has 2 rings (SSSR count). The van der Waals surface area contributed by atoms with E-state index in [-0.39, 0.29) is 13.2 Å². The minimum Gasteiger partial charge on any atom is -0.118 e. The Kier molecular flexibility index (Phi) is 8.34. The lowest BCUT2D eigenvalue weighted by molar-refractivity contribution is 0.233. The third-order valence-electron chi connectivity index (χ3n) is 2.86. The van der Waals surface area contributed by atoms with E-state index in [1.165, 1.54) is 0 Å². The van der Waals surface area contributed by atoms with E-state index in [9.17, 15) is 4.57 Å². The lowest BCUT2D eigenvalue weighted by Gasteiger charge is -1.88. The molecule has 0 spiro atoms. The van der Waals surface area contributed by atoms with E-state index in [0.717, 1.165) is 11.1 Å². The SMILES string of the molecule is O=[P+](OCCC#Cc1ccccc1)OCCC#Cc1ccccc1. The number of hydrogen-bond donors (Lipinski definition) is 0. The molecule has 24 heavy (non-hydrogen) atoms. The van der Waals surface area contributed by atoms with E-state index in [1.807, 2.05) is 60.7 Å². The second-order valence-corrected chi connectivity index (χ2v) is 5.69. The minimum absolute atomic E-state index is 0.282. The molecule has 0 aromatic heterocycles. The average molecular weight is 337 g/mol. The van der Waals surface area contributed by atoms with Gasteiger partial charge in [-0.3, -0.25) is 0 Å². The molecule has 2 aromatic rings. The fraction of sp³-hybridized carbons (Fsp3) is 0.200. The third-order valence-corrected chi connectivity index (χ3v) is 3.65. The van der Waals surface area contributed by atoms with Crippen molar-refractivity contribution in [3.8, 4) is 23.7 Å². The third kappa shape index (κ3) is 7.73. The molecule has 0 bridgehead atoms. The van der Waals surface area contributed by atoms with Gasteiger partial charge in [-0.2, -0.15) is 0 Å². The van der Waals surface area contributed by atoms with Crippen LogP contribution < -0.4 is 0 Å². The molecule has 0 unspecified atom stereocenters. The van der Waals surface area contributed by atoms with Gasteiger partial charge >= 0.3 is 8.25 Å². The monoisotopic (exact) mass is 337 g/mol. The minimum atomic E-state index is -2.11. The second-order valence-electron chi connectivity index (χ2n) is 4.73. The van der Waals surface area contributed by atoms with E-state index in [1.54, 1.807) is 0 Å². The molecule has 0 N–H and O–H groups in total. The zero-order valence-electron chi connectivity index (χ0n) is 13.3. The highest BCUT2D eigenvalue weighted by molar-refractivity contribution is 7.33. The van der Waals surface area contributed by atoms with Gasteiger partial charge in [0.25, 0.3) is 0 Å². The van der Waals surface area contributed by atoms with E-state index in [0.29, 0.717) is 12.8 Å². The topological polar surface area (TPSA) is 35.5 Å². The zero-order chi connectivity index (χ0) is 16.9. The molecule has 0 saturated heterocycles. The number of hydrogen-bond acceptors (Lipinski definition) is 3. The summed E-state index contributed by atoms with van der Waals surface area (Å²) in [6, 6.07) is 19.4. The van der Waals surface area contributed by atoms with E-state index < -0.39 is 8.25 Å². The summed E-state index contributed by atoms with van der Waals surface area (Å²) in [5.41, 5.74) is 1.91. The Hall–Kier alpha value is -2.42. The highest BCUT2D eigenvalue weighted by atomic mass is 31.1. The first-order valence-electron chi connectivity index (χ1n) is 7.65. The van der Waals surface area contributed by atoms with Gasteiger partial charge < -0.3 is 0 Å². The summed E-state index contributed by atoms with van der Waals surface area (Å²) in [5, 5.41) is 0. The molecule has 0 aliphatic carbocycles. The highest BCUT2D eigenvalue weighted by Gasteiger charge is 2.18. The predicted molar refractivity (Wildman–Crippen MR) is 95.4 cm³/mol. The summed E-state index contributed by atoms with van der Waals surface area (Å²) in [6.07, 6.45) is 1.01. The molecule has 2 aromatic carbocycles. The Morgan fingerprint density at radius 1 is 0.708 bits per heavy atom. The van der Waals surface area contributed by atoms with Crippen LogP contribution in [0.4, 0.5) is 0 Å². The van der Waals surface area contributed by atoms with Crippen molar-refractivity contribution in [3.05, 3.63) is 71.8 Å². The molecule has 0 aliphatic rings. The summed E-state index contributed by atoms with van der Waals surface area (Å²) < 4.78 is 21.7. The van der Waals surface area contributed by atoms with Gasteiger partial charge in [0.15, 0.2) is 0 Å². The van der Waals surface area contributed by atoms with Crippen LogP contribution in [0, 0.1) is 23.7 Å². The number of benzene rings is 2. The van der Waals surface area contributed by atoms with Crippen LogP contribution in [0.1, 0.15) is 24.0 Å². The second kappa shape index (κ2) is 11.2. The van der Waals surface area contributed by atoms with Gasteiger partial charge in [0.05, 0.1) is 0 Å². The first kappa shape index (κ1) is 17.9. The van der Waals surface area contributed by atoms with Crippen LogP contribution in [0.2, 0.25) is 0 Å². The normalized spacial score (nSPS) is 9.33. The summed E-state index contributed by atoms with van der Waals surface area (Å²) in [5.74, 6) is 12.0. The van der Waals surface area contributed by atoms with E-state index in [4.69, 9.17) is 9.05 Å². The van der Waals surface area contributed by atoms with Gasteiger partial charge in [-0.05, 0) is 24.3 Å². The van der Waals surface area contributed by atoms with Gasteiger partial charge in [-0.1, -0.05) is 60.1 Å². The standard InChI is InChI=1S/C20H18O3P/c21-24(22-17-9-7-15-19-11-3-1-4-12-19)23-18-10-8-16-20-13-5-2-6-14-20/h1-6,11-14H,9-10,17-18H2/q+1. The van der Waals surface area contributed by atoms with Gasteiger partial charge in [0, 0.05) is 28.5 Å². The number of rotatable bonds is 6. The van der Waals surface area contributed by atoms with Gasteiger partial charge in [0.2, 0.25) is 0 Å². The summed E-state index contributed by atoms with van der Waals surface area (Å²) >= 11 is 0. The predicted octanol–water partition coefficient (Wildman–Crippen LogP) is 4.56. The van der Waals surface area contributed by atoms with Crippen LogP contribution >= 0.6 is 8.25 Å². The van der Waals surface area contributed by atoms with Crippen molar-refractivity contribution in [2.24, 2.45) is 0 Å². The summed E-state index contributed by atoms with van der Waals surface area (Å²) in [4.78, 5) is 0. The Morgan fingerprint density at radius 2 is 1.12 bits per heavy atom. The molecular formula is C20H18O3P+. The van der Waals surface area contributed by atoms with Crippen molar-refractivity contribution in [3.63, 3.8) is 0 Å². The Balaban J connectivity index is 1.56. The van der Waals surface area contributed by atoms with Crippen LogP contribution in [-0.4, -0.2) is 13.2 Å². The molecule has 0 aliphatic heterocycles. The molecule has 3 nitrogen and oxygen atoms in total. The molecule has 120 valence electrons. The maximum Gasteiger partial charge on any atom is 0.697 e. The van der Waals surface area contributed by atoms with Gasteiger partial charge in [-0.15, -0.1) is 9.05 Å². The lowest BCUT2D eigenvalue weighted by Crippen LogP contribution is -1.89. The summed E-state index contributed by atoms with van der Waals surface area (Å²) in [7, 11) is -2.11. The van der Waals surface area contributed by atoms with Crippen LogP contribution in [0.3, 0.4) is 0 Å². The zero-order valence-corrected chi connectivity index (χ0v) is 14.2. The quantitative estimate of drug-likeness (QED) is 0.440. The van der Waals surface area contributed by atoms with Crippen molar-refractivity contribution < 1.29 is 13.6 Å². The van der Waals surface area contributed by atoms with Crippen LogP contribution in [0.25, 0.3) is 0 Å². The Labute approximate surface area is 144 Å². The van der Waals surface area contributed by atoms with Crippen molar-refractivity contribution in [1.82, 2.24) is 0 Å². The van der Waals surface area contributed by atoms with Crippen molar-refractivity contribution >= 4 is 8.25 Å². The maximum absolute atomic E-state index is 11.5. The molecule has 0 amide bonds. The molecule has 0 heterocycles.